The van der Waals surface area contributed by atoms with Crippen LogP contribution >= 0.6 is 0 Å². The van der Waals surface area contributed by atoms with Gasteiger partial charge in [-0.3, -0.25) is 14.3 Å². The number of aromatic amines is 1. The van der Waals surface area contributed by atoms with Crippen LogP contribution in [0.25, 0.3) is 0 Å². The standard InChI is InChI=1S/C10H15N3O3/c1-12-4-5-16-8(6-12)7-13-3-2-9(14)11-10(13)15/h2-3,8H,4-7H2,1H3,(H,11,14,15). The van der Waals surface area contributed by atoms with Gasteiger partial charge < -0.3 is 9.64 Å². The first-order valence-electron chi connectivity index (χ1n) is 5.25. The van der Waals surface area contributed by atoms with Gasteiger partial charge in [0.15, 0.2) is 0 Å². The summed E-state index contributed by atoms with van der Waals surface area (Å²) in [4.78, 5) is 26.7. The number of H-pyrrole nitrogens is 1. The average molecular weight is 225 g/mol. The zero-order chi connectivity index (χ0) is 11.5. The molecule has 0 aliphatic carbocycles. The van der Waals surface area contributed by atoms with E-state index in [0.29, 0.717) is 13.2 Å². The first kappa shape index (κ1) is 11.1. The predicted molar refractivity (Wildman–Crippen MR) is 58.6 cm³/mol. The second-order valence-electron chi connectivity index (χ2n) is 4.02. The predicted octanol–water partition coefficient (Wildman–Crippen LogP) is -1.13. The lowest BCUT2D eigenvalue weighted by Crippen LogP contribution is -2.44. The molecule has 1 atom stereocenters. The van der Waals surface area contributed by atoms with E-state index in [4.69, 9.17) is 4.74 Å². The molecule has 1 N–H and O–H groups in total. The summed E-state index contributed by atoms with van der Waals surface area (Å²) in [5.74, 6) is 0. The molecule has 1 aromatic heterocycles. The summed E-state index contributed by atoms with van der Waals surface area (Å²) in [5.41, 5.74) is -0.757. The van der Waals surface area contributed by atoms with Crippen molar-refractivity contribution in [3.8, 4) is 0 Å². The Balaban J connectivity index is 2.08. The lowest BCUT2D eigenvalue weighted by molar-refractivity contribution is -0.0280. The number of rotatable bonds is 2. The van der Waals surface area contributed by atoms with Crippen LogP contribution in [-0.2, 0) is 11.3 Å². The van der Waals surface area contributed by atoms with Gasteiger partial charge in [-0.25, -0.2) is 4.79 Å². The van der Waals surface area contributed by atoms with Crippen LogP contribution in [0.3, 0.4) is 0 Å². The molecule has 0 saturated carbocycles. The third-order valence-electron chi connectivity index (χ3n) is 2.64. The van der Waals surface area contributed by atoms with Crippen molar-refractivity contribution in [1.29, 1.82) is 0 Å². The van der Waals surface area contributed by atoms with Crippen LogP contribution in [0.1, 0.15) is 0 Å². The number of hydrogen-bond donors (Lipinski definition) is 1. The van der Waals surface area contributed by atoms with Crippen molar-refractivity contribution in [2.45, 2.75) is 12.6 Å². The fourth-order valence-corrected chi connectivity index (χ4v) is 1.78. The Hall–Kier alpha value is -1.40. The SMILES string of the molecule is CN1CCOC(Cn2ccc(=O)[nH]c2=O)C1. The molecule has 2 rings (SSSR count). The summed E-state index contributed by atoms with van der Waals surface area (Å²) >= 11 is 0. The first-order chi connectivity index (χ1) is 7.65. The van der Waals surface area contributed by atoms with Gasteiger partial charge in [0.25, 0.3) is 5.56 Å². The highest BCUT2D eigenvalue weighted by Gasteiger charge is 2.18. The molecule has 1 aliphatic heterocycles. The van der Waals surface area contributed by atoms with Gasteiger partial charge in [-0.05, 0) is 7.05 Å². The van der Waals surface area contributed by atoms with E-state index in [-0.39, 0.29) is 17.4 Å². The van der Waals surface area contributed by atoms with E-state index in [2.05, 4.69) is 9.88 Å². The monoisotopic (exact) mass is 225 g/mol. The molecule has 1 aromatic rings. The van der Waals surface area contributed by atoms with E-state index in [1.54, 1.807) is 0 Å². The third kappa shape index (κ3) is 2.59. The van der Waals surface area contributed by atoms with Crippen molar-refractivity contribution in [1.82, 2.24) is 14.5 Å². The maximum absolute atomic E-state index is 11.4. The molecule has 0 radical (unpaired) electrons. The van der Waals surface area contributed by atoms with Crippen molar-refractivity contribution in [2.75, 3.05) is 26.7 Å². The highest BCUT2D eigenvalue weighted by atomic mass is 16.5. The maximum Gasteiger partial charge on any atom is 0.328 e. The van der Waals surface area contributed by atoms with Gasteiger partial charge in [-0.15, -0.1) is 0 Å². The number of likely N-dealkylation sites (N-methyl/N-ethyl adjacent to an activating group) is 1. The molecule has 1 saturated heterocycles. The summed E-state index contributed by atoms with van der Waals surface area (Å²) in [6, 6.07) is 1.34. The topological polar surface area (TPSA) is 67.3 Å². The Labute approximate surface area is 92.5 Å². The Kier molecular flexibility index (Phi) is 3.21. The van der Waals surface area contributed by atoms with Crippen LogP contribution < -0.4 is 11.2 Å². The van der Waals surface area contributed by atoms with Crippen molar-refractivity contribution < 1.29 is 4.74 Å². The Morgan fingerprint density at radius 2 is 2.38 bits per heavy atom. The zero-order valence-corrected chi connectivity index (χ0v) is 9.18. The molecule has 16 heavy (non-hydrogen) atoms. The van der Waals surface area contributed by atoms with Crippen molar-refractivity contribution >= 4 is 0 Å². The second kappa shape index (κ2) is 4.63. The van der Waals surface area contributed by atoms with E-state index in [9.17, 15) is 9.59 Å². The minimum Gasteiger partial charge on any atom is -0.374 e. The highest BCUT2D eigenvalue weighted by molar-refractivity contribution is 4.84. The zero-order valence-electron chi connectivity index (χ0n) is 9.18. The number of aromatic nitrogens is 2. The van der Waals surface area contributed by atoms with E-state index in [0.717, 1.165) is 13.1 Å². The van der Waals surface area contributed by atoms with Crippen LogP contribution in [0, 0.1) is 0 Å². The van der Waals surface area contributed by atoms with Crippen LogP contribution in [0.15, 0.2) is 21.9 Å². The number of morpholine rings is 1. The smallest absolute Gasteiger partial charge is 0.328 e. The summed E-state index contributed by atoms with van der Waals surface area (Å²) in [6.07, 6.45) is 1.50. The fraction of sp³-hybridized carbons (Fsp3) is 0.600. The minimum absolute atomic E-state index is 0.00218. The van der Waals surface area contributed by atoms with Gasteiger partial charge in [0.1, 0.15) is 0 Å². The van der Waals surface area contributed by atoms with Crippen molar-refractivity contribution in [2.24, 2.45) is 0 Å². The minimum atomic E-state index is -0.385. The first-order valence-corrected chi connectivity index (χ1v) is 5.25. The van der Waals surface area contributed by atoms with Gasteiger partial charge in [-0.1, -0.05) is 0 Å². The normalized spacial score (nSPS) is 22.2. The Morgan fingerprint density at radius 3 is 3.06 bits per heavy atom. The van der Waals surface area contributed by atoms with Crippen molar-refractivity contribution in [3.63, 3.8) is 0 Å². The van der Waals surface area contributed by atoms with Crippen LogP contribution in [0.5, 0.6) is 0 Å². The second-order valence-corrected chi connectivity index (χ2v) is 4.02. The average Bonchev–Trinajstić information content (AvgIpc) is 2.22. The Morgan fingerprint density at radius 1 is 1.56 bits per heavy atom. The number of ether oxygens (including phenoxy) is 1. The van der Waals surface area contributed by atoms with E-state index in [1.165, 1.54) is 16.8 Å². The number of nitrogens with one attached hydrogen (secondary N) is 1. The summed E-state index contributed by atoms with van der Waals surface area (Å²) in [7, 11) is 2.02. The quantitative estimate of drug-likeness (QED) is 0.691. The molecule has 2 heterocycles. The van der Waals surface area contributed by atoms with Gasteiger partial charge in [-0.2, -0.15) is 0 Å². The highest BCUT2D eigenvalue weighted by Crippen LogP contribution is 2.04. The van der Waals surface area contributed by atoms with Crippen LogP contribution in [0.4, 0.5) is 0 Å². The van der Waals surface area contributed by atoms with Gasteiger partial charge >= 0.3 is 5.69 Å². The maximum atomic E-state index is 11.4. The molecule has 1 aliphatic rings. The number of hydrogen-bond acceptors (Lipinski definition) is 4. The van der Waals surface area contributed by atoms with E-state index < -0.39 is 0 Å². The molecule has 1 fully saturated rings. The lowest BCUT2D eigenvalue weighted by Gasteiger charge is -2.30. The molecule has 0 amide bonds. The number of nitrogens with zero attached hydrogens (tertiary/aromatic N) is 2. The largest absolute Gasteiger partial charge is 0.374 e. The lowest BCUT2D eigenvalue weighted by atomic mass is 10.3. The summed E-state index contributed by atoms with van der Waals surface area (Å²) in [6.45, 7) is 2.86. The molecule has 0 aromatic carbocycles. The van der Waals surface area contributed by atoms with E-state index in [1.807, 2.05) is 7.05 Å². The molecule has 6 nitrogen and oxygen atoms in total. The van der Waals surface area contributed by atoms with Crippen LogP contribution in [-0.4, -0.2) is 47.3 Å². The molecular formula is C10H15N3O3. The Bertz CT molecular complexity index is 465. The van der Waals surface area contributed by atoms with Gasteiger partial charge in [0.2, 0.25) is 0 Å². The van der Waals surface area contributed by atoms with Gasteiger partial charge in [0, 0.05) is 25.4 Å². The van der Waals surface area contributed by atoms with E-state index >= 15 is 0 Å². The van der Waals surface area contributed by atoms with Crippen LogP contribution in [0.2, 0.25) is 0 Å². The molecule has 0 spiro atoms. The molecule has 88 valence electrons. The van der Waals surface area contributed by atoms with Gasteiger partial charge in [0.05, 0.1) is 19.3 Å². The molecule has 0 bridgehead atoms. The van der Waals surface area contributed by atoms with Crippen molar-refractivity contribution in [3.05, 3.63) is 33.1 Å². The fourth-order valence-electron chi connectivity index (χ4n) is 1.78. The third-order valence-corrected chi connectivity index (χ3v) is 2.64. The summed E-state index contributed by atoms with van der Waals surface area (Å²) < 4.78 is 7.01. The molecule has 1 unspecified atom stereocenters. The molecular weight excluding hydrogens is 210 g/mol. The summed E-state index contributed by atoms with van der Waals surface area (Å²) in [5, 5.41) is 0. The molecule has 6 heteroatoms.